The third-order valence-electron chi connectivity index (χ3n) is 7.59. The molecule has 0 aliphatic heterocycles. The Morgan fingerprint density at radius 3 is 1.89 bits per heavy atom. The fourth-order valence-electron chi connectivity index (χ4n) is 5.83. The number of fused-ring (bicyclic) bond motifs is 6. The fraction of sp³-hybridized carbons (Fsp3) is 0. The molecule has 2 aromatic heterocycles. The van der Waals surface area contributed by atoms with Crippen molar-refractivity contribution in [3.63, 3.8) is 0 Å². The molecule has 1 nitrogen and oxygen atoms in total. The lowest BCUT2D eigenvalue weighted by Crippen LogP contribution is -1.95. The lowest BCUT2D eigenvalue weighted by Gasteiger charge is -2.13. The molecule has 0 fully saturated rings. The minimum Gasteiger partial charge on any atom is -0.309 e. The van der Waals surface area contributed by atoms with E-state index in [0.717, 1.165) is 0 Å². The lowest BCUT2D eigenvalue weighted by atomic mass is 10.0. The average molecular weight is 502 g/mol. The topological polar surface area (TPSA) is 4.93 Å². The molecule has 0 spiro atoms. The van der Waals surface area contributed by atoms with Gasteiger partial charge in [0.15, 0.2) is 0 Å². The van der Waals surface area contributed by atoms with Crippen molar-refractivity contribution in [1.29, 1.82) is 0 Å². The Morgan fingerprint density at radius 2 is 1.08 bits per heavy atom. The maximum atomic E-state index is 2.45. The number of nitrogens with zero attached hydrogens (tertiary/aromatic N) is 1. The molecule has 8 aromatic rings. The zero-order valence-electron chi connectivity index (χ0n) is 20.6. The van der Waals surface area contributed by atoms with Crippen LogP contribution in [0.3, 0.4) is 0 Å². The summed E-state index contributed by atoms with van der Waals surface area (Å²) in [5.74, 6) is 0. The van der Waals surface area contributed by atoms with E-state index in [2.05, 4.69) is 144 Å². The van der Waals surface area contributed by atoms with Crippen molar-refractivity contribution in [3.05, 3.63) is 140 Å². The maximum absolute atomic E-state index is 2.45. The first-order chi connectivity index (χ1) is 18.8. The Balaban J connectivity index is 1.50. The van der Waals surface area contributed by atoms with E-state index in [-0.39, 0.29) is 0 Å². The van der Waals surface area contributed by atoms with Crippen molar-refractivity contribution in [2.75, 3.05) is 0 Å². The van der Waals surface area contributed by atoms with Gasteiger partial charge >= 0.3 is 0 Å². The van der Waals surface area contributed by atoms with Crippen LogP contribution in [0.1, 0.15) is 0 Å². The first-order valence-electron chi connectivity index (χ1n) is 12.9. The van der Waals surface area contributed by atoms with Crippen LogP contribution in [0.15, 0.2) is 140 Å². The first-order valence-corrected chi connectivity index (χ1v) is 13.8. The zero-order valence-corrected chi connectivity index (χ0v) is 21.5. The molecule has 0 bridgehead atoms. The molecular weight excluding hydrogens is 478 g/mol. The number of rotatable bonds is 3. The van der Waals surface area contributed by atoms with Crippen molar-refractivity contribution in [3.8, 4) is 27.9 Å². The number of hydrogen-bond donors (Lipinski definition) is 0. The molecule has 0 unspecified atom stereocenters. The van der Waals surface area contributed by atoms with Gasteiger partial charge in [-0.15, -0.1) is 11.3 Å². The Morgan fingerprint density at radius 1 is 0.421 bits per heavy atom. The average Bonchev–Trinajstić information content (AvgIpc) is 3.53. The molecule has 38 heavy (non-hydrogen) atoms. The number of para-hydroxylation sites is 1. The number of benzene rings is 6. The van der Waals surface area contributed by atoms with Crippen molar-refractivity contribution in [2.24, 2.45) is 0 Å². The number of hydrogen-bond acceptors (Lipinski definition) is 1. The Bertz CT molecular complexity index is 2110. The molecule has 6 aromatic carbocycles. The highest BCUT2D eigenvalue weighted by Crippen LogP contribution is 2.43. The summed E-state index contributed by atoms with van der Waals surface area (Å²) in [6.07, 6.45) is 0. The summed E-state index contributed by atoms with van der Waals surface area (Å²) in [6.45, 7) is 0. The van der Waals surface area contributed by atoms with Crippen molar-refractivity contribution < 1.29 is 0 Å². The van der Waals surface area contributed by atoms with Gasteiger partial charge in [-0.3, -0.25) is 0 Å². The van der Waals surface area contributed by atoms with Gasteiger partial charge in [0, 0.05) is 42.2 Å². The fourth-order valence-corrected chi connectivity index (χ4v) is 7.05. The molecular formula is C36H23NS. The van der Waals surface area contributed by atoms with Gasteiger partial charge in [-0.25, -0.2) is 0 Å². The van der Waals surface area contributed by atoms with Crippen LogP contribution in [0.2, 0.25) is 0 Å². The highest BCUT2D eigenvalue weighted by atomic mass is 32.1. The van der Waals surface area contributed by atoms with Crippen molar-refractivity contribution in [2.45, 2.75) is 0 Å². The van der Waals surface area contributed by atoms with E-state index < -0.39 is 0 Å². The van der Waals surface area contributed by atoms with Gasteiger partial charge < -0.3 is 4.57 Å². The van der Waals surface area contributed by atoms with Crippen LogP contribution < -0.4 is 0 Å². The summed E-state index contributed by atoms with van der Waals surface area (Å²) in [4.78, 5) is 0. The van der Waals surface area contributed by atoms with Gasteiger partial charge in [0.25, 0.3) is 0 Å². The molecule has 178 valence electrons. The third kappa shape index (κ3) is 3.24. The highest BCUT2D eigenvalue weighted by Gasteiger charge is 2.17. The molecule has 0 atom stereocenters. The monoisotopic (exact) mass is 501 g/mol. The van der Waals surface area contributed by atoms with E-state index in [0.29, 0.717) is 0 Å². The van der Waals surface area contributed by atoms with Gasteiger partial charge in [0.2, 0.25) is 0 Å². The second-order valence-corrected chi connectivity index (χ2v) is 10.8. The van der Waals surface area contributed by atoms with Crippen molar-refractivity contribution in [1.82, 2.24) is 4.57 Å². The van der Waals surface area contributed by atoms with Gasteiger partial charge in [-0.05, 0) is 47.0 Å². The molecule has 0 amide bonds. The van der Waals surface area contributed by atoms with Crippen LogP contribution >= 0.6 is 11.3 Å². The minimum absolute atomic E-state index is 1.19. The molecule has 8 rings (SSSR count). The molecule has 0 radical (unpaired) electrons. The molecule has 0 aliphatic rings. The highest BCUT2D eigenvalue weighted by molar-refractivity contribution is 7.26. The summed E-state index contributed by atoms with van der Waals surface area (Å²) in [7, 11) is 0. The normalized spacial score (nSPS) is 11.7. The summed E-state index contributed by atoms with van der Waals surface area (Å²) >= 11 is 1.89. The smallest absolute Gasteiger partial charge is 0.0547 e. The second-order valence-electron chi connectivity index (χ2n) is 9.78. The number of aromatic nitrogens is 1. The molecule has 0 saturated carbocycles. The Labute approximate surface area is 224 Å². The lowest BCUT2D eigenvalue weighted by molar-refractivity contribution is 1.19. The van der Waals surface area contributed by atoms with E-state index in [1.165, 1.54) is 69.9 Å². The quantitative estimate of drug-likeness (QED) is 0.227. The van der Waals surface area contributed by atoms with Gasteiger partial charge in [0.05, 0.1) is 11.0 Å². The van der Waals surface area contributed by atoms with E-state index >= 15 is 0 Å². The number of thiophene rings is 1. The van der Waals surface area contributed by atoms with Crippen LogP contribution in [-0.4, -0.2) is 4.57 Å². The van der Waals surface area contributed by atoms with E-state index in [9.17, 15) is 0 Å². The van der Waals surface area contributed by atoms with Crippen LogP contribution in [0.25, 0.3) is 69.9 Å². The summed E-state index contributed by atoms with van der Waals surface area (Å²) < 4.78 is 5.12. The molecule has 0 aliphatic carbocycles. The van der Waals surface area contributed by atoms with Gasteiger partial charge in [0.1, 0.15) is 0 Å². The SMILES string of the molecule is c1ccc(-c2ccc3c4ccccc4n(-c4cc(-c5ccccc5)c5sc6ccccc6c5c4)c3c2)cc1. The predicted molar refractivity (Wildman–Crippen MR) is 165 cm³/mol. The van der Waals surface area contributed by atoms with E-state index in [4.69, 9.17) is 0 Å². The summed E-state index contributed by atoms with van der Waals surface area (Å²) in [6, 6.07) is 50.7. The van der Waals surface area contributed by atoms with Crippen molar-refractivity contribution >= 4 is 53.3 Å². The molecule has 0 saturated heterocycles. The Hall–Kier alpha value is -4.66. The van der Waals surface area contributed by atoms with Crippen LogP contribution in [-0.2, 0) is 0 Å². The zero-order chi connectivity index (χ0) is 25.1. The maximum Gasteiger partial charge on any atom is 0.0547 e. The van der Waals surface area contributed by atoms with Gasteiger partial charge in [-0.2, -0.15) is 0 Å². The largest absolute Gasteiger partial charge is 0.309 e. The van der Waals surface area contributed by atoms with Gasteiger partial charge in [-0.1, -0.05) is 109 Å². The standard InChI is InChI=1S/C36H23NS/c1-3-11-24(12-4-1)26-19-20-29-28-15-7-9-17-33(28)37(34(29)21-26)27-22-31(25-13-5-2-6-14-25)36-32(23-27)30-16-8-10-18-35(30)38-36/h1-23H. The summed E-state index contributed by atoms with van der Waals surface area (Å²) in [5, 5.41) is 5.18. The molecule has 0 N–H and O–H groups in total. The van der Waals surface area contributed by atoms with Crippen LogP contribution in [0.5, 0.6) is 0 Å². The minimum atomic E-state index is 1.19. The molecule has 2 heterocycles. The van der Waals surface area contributed by atoms with Crippen LogP contribution in [0, 0.1) is 0 Å². The predicted octanol–water partition coefficient (Wildman–Crippen LogP) is 10.5. The second kappa shape index (κ2) is 8.44. The first kappa shape index (κ1) is 21.4. The third-order valence-corrected chi connectivity index (χ3v) is 8.81. The Kier molecular flexibility index (Phi) is 4.76. The van der Waals surface area contributed by atoms with E-state index in [1.54, 1.807) is 0 Å². The molecule has 2 heteroatoms. The van der Waals surface area contributed by atoms with E-state index in [1.807, 2.05) is 11.3 Å². The summed E-state index contributed by atoms with van der Waals surface area (Å²) in [5.41, 5.74) is 8.64. The van der Waals surface area contributed by atoms with Crippen LogP contribution in [0.4, 0.5) is 0 Å².